The summed E-state index contributed by atoms with van der Waals surface area (Å²) in [6.45, 7) is 3.29. The first-order valence-electron chi connectivity index (χ1n) is 11.6. The van der Waals surface area contributed by atoms with Crippen LogP contribution in [0.4, 0.5) is 0 Å². The molecule has 8 heteroatoms. The summed E-state index contributed by atoms with van der Waals surface area (Å²) in [6, 6.07) is 10.8. The van der Waals surface area contributed by atoms with E-state index in [1.807, 2.05) is 12.1 Å². The lowest BCUT2D eigenvalue weighted by Crippen LogP contribution is -2.30. The minimum atomic E-state index is -0.380. The minimum absolute atomic E-state index is 0.0774. The highest BCUT2D eigenvalue weighted by Crippen LogP contribution is 2.23. The van der Waals surface area contributed by atoms with Gasteiger partial charge in [-0.25, -0.2) is 0 Å². The molecule has 34 heavy (non-hydrogen) atoms. The van der Waals surface area contributed by atoms with Crippen LogP contribution in [0.2, 0.25) is 0 Å². The third-order valence-corrected chi connectivity index (χ3v) is 5.56. The fraction of sp³-hybridized carbons (Fsp3) is 0.423. The number of rotatable bonds is 12. The van der Waals surface area contributed by atoms with Crippen molar-refractivity contribution in [1.29, 1.82) is 0 Å². The van der Waals surface area contributed by atoms with Crippen molar-refractivity contribution in [3.8, 4) is 0 Å². The zero-order chi connectivity index (χ0) is 24.5. The summed E-state index contributed by atoms with van der Waals surface area (Å²) in [4.78, 5) is 52.8. The smallest absolute Gasteiger partial charge is 0.303 e. The lowest BCUT2D eigenvalue weighted by atomic mass is 10.0. The van der Waals surface area contributed by atoms with Gasteiger partial charge in [0.1, 0.15) is 13.2 Å². The van der Waals surface area contributed by atoms with Crippen molar-refractivity contribution in [2.45, 2.75) is 65.6 Å². The number of unbranched alkanes of at least 4 members (excludes halogenated alkanes) is 4. The molecule has 0 bridgehead atoms. The van der Waals surface area contributed by atoms with E-state index in [-0.39, 0.29) is 37.0 Å². The molecule has 0 unspecified atom stereocenters. The van der Waals surface area contributed by atoms with Crippen LogP contribution in [0.25, 0.3) is 0 Å². The molecule has 0 saturated carbocycles. The van der Waals surface area contributed by atoms with Gasteiger partial charge in [-0.3, -0.25) is 29.1 Å². The predicted octanol–water partition coefficient (Wildman–Crippen LogP) is 4.00. The van der Waals surface area contributed by atoms with Crippen LogP contribution in [0.5, 0.6) is 0 Å². The highest BCUT2D eigenvalue weighted by molar-refractivity contribution is 6.21. The summed E-state index contributed by atoms with van der Waals surface area (Å²) in [5.74, 6) is -1.16. The third-order valence-electron chi connectivity index (χ3n) is 5.56. The van der Waals surface area contributed by atoms with Gasteiger partial charge in [-0.05, 0) is 49.1 Å². The Morgan fingerprint density at radius 3 is 1.82 bits per heavy atom. The maximum absolute atomic E-state index is 12.4. The number of imide groups is 1. The van der Waals surface area contributed by atoms with Gasteiger partial charge in [-0.1, -0.05) is 31.4 Å². The number of benzene rings is 1. The highest BCUT2D eigenvalue weighted by Gasteiger charge is 2.34. The molecule has 2 aromatic rings. The maximum atomic E-state index is 12.4. The van der Waals surface area contributed by atoms with Crippen molar-refractivity contribution in [3.63, 3.8) is 0 Å². The van der Waals surface area contributed by atoms with Gasteiger partial charge in [0.05, 0.1) is 22.5 Å². The molecule has 0 radical (unpaired) electrons. The Balaban J connectivity index is 1.41. The lowest BCUT2D eigenvalue weighted by Gasteiger charge is -2.13. The summed E-state index contributed by atoms with van der Waals surface area (Å²) in [5, 5.41) is 0. The number of aromatic nitrogens is 1. The van der Waals surface area contributed by atoms with Crippen molar-refractivity contribution in [3.05, 3.63) is 64.5 Å². The SMILES string of the molecule is CC(=O)OCc1cc(CCCCCCCN2C(=O)c3ccccc3C2=O)cc(COC(C)=O)n1. The summed E-state index contributed by atoms with van der Waals surface area (Å²) >= 11 is 0. The van der Waals surface area contributed by atoms with Crippen LogP contribution < -0.4 is 0 Å². The molecular formula is C26H30N2O6. The Morgan fingerprint density at radius 1 is 0.794 bits per heavy atom. The molecule has 1 aromatic heterocycles. The monoisotopic (exact) mass is 466 g/mol. The van der Waals surface area contributed by atoms with E-state index in [1.54, 1.807) is 24.3 Å². The molecular weight excluding hydrogens is 436 g/mol. The molecule has 0 spiro atoms. The maximum Gasteiger partial charge on any atom is 0.303 e. The Hall–Kier alpha value is -3.55. The van der Waals surface area contributed by atoms with Crippen LogP contribution in [-0.2, 0) is 38.7 Å². The normalized spacial score (nSPS) is 12.6. The standard InChI is InChI=1S/C26H30N2O6/c1-18(29)33-16-21-14-20(15-22(27-21)17-34-19(2)30)10-6-4-3-5-9-13-28-25(31)23-11-7-8-12-24(23)26(28)32/h7-8,11-12,14-15H,3-6,9-10,13,16-17H2,1-2H3. The van der Waals surface area contributed by atoms with E-state index in [0.29, 0.717) is 29.1 Å². The van der Waals surface area contributed by atoms with E-state index in [1.165, 1.54) is 18.7 Å². The van der Waals surface area contributed by atoms with Crippen LogP contribution in [0.3, 0.4) is 0 Å². The zero-order valence-corrected chi connectivity index (χ0v) is 19.7. The number of pyridine rings is 1. The van der Waals surface area contributed by atoms with E-state index in [0.717, 1.165) is 44.1 Å². The largest absolute Gasteiger partial charge is 0.459 e. The predicted molar refractivity (Wildman–Crippen MR) is 124 cm³/mol. The minimum Gasteiger partial charge on any atom is -0.459 e. The average Bonchev–Trinajstić information content (AvgIpc) is 3.05. The fourth-order valence-corrected chi connectivity index (χ4v) is 3.93. The van der Waals surface area contributed by atoms with Crippen LogP contribution in [-0.4, -0.2) is 40.2 Å². The highest BCUT2D eigenvalue weighted by atomic mass is 16.5. The topological polar surface area (TPSA) is 103 Å². The Labute approximate surface area is 199 Å². The first-order valence-corrected chi connectivity index (χ1v) is 11.6. The van der Waals surface area contributed by atoms with Gasteiger partial charge in [0, 0.05) is 20.4 Å². The van der Waals surface area contributed by atoms with Crippen molar-refractivity contribution >= 4 is 23.8 Å². The van der Waals surface area contributed by atoms with Crippen molar-refractivity contribution < 1.29 is 28.7 Å². The van der Waals surface area contributed by atoms with Gasteiger partial charge in [0.25, 0.3) is 11.8 Å². The summed E-state index contributed by atoms with van der Waals surface area (Å²) in [5.41, 5.74) is 3.27. The number of fused-ring (bicyclic) bond motifs is 1. The number of ether oxygens (including phenoxy) is 2. The van der Waals surface area contributed by atoms with Crippen LogP contribution in [0.15, 0.2) is 36.4 Å². The number of hydrogen-bond acceptors (Lipinski definition) is 7. The molecule has 0 N–H and O–H groups in total. The van der Waals surface area contributed by atoms with Gasteiger partial charge >= 0.3 is 11.9 Å². The van der Waals surface area contributed by atoms with Crippen molar-refractivity contribution in [2.24, 2.45) is 0 Å². The number of carbonyl (C=O) groups is 4. The number of nitrogens with zero attached hydrogens (tertiary/aromatic N) is 2. The van der Waals surface area contributed by atoms with Crippen molar-refractivity contribution in [1.82, 2.24) is 9.88 Å². The van der Waals surface area contributed by atoms with E-state index in [2.05, 4.69) is 4.98 Å². The molecule has 0 atom stereocenters. The van der Waals surface area contributed by atoms with Gasteiger partial charge in [0.2, 0.25) is 0 Å². The second kappa shape index (κ2) is 12.1. The number of amides is 2. The van der Waals surface area contributed by atoms with Gasteiger partial charge in [0.15, 0.2) is 0 Å². The van der Waals surface area contributed by atoms with Gasteiger partial charge in [-0.2, -0.15) is 0 Å². The summed E-state index contributed by atoms with van der Waals surface area (Å²) in [7, 11) is 0. The van der Waals surface area contributed by atoms with E-state index in [4.69, 9.17) is 9.47 Å². The molecule has 0 aliphatic carbocycles. The second-order valence-corrected chi connectivity index (χ2v) is 8.34. The van der Waals surface area contributed by atoms with E-state index >= 15 is 0 Å². The second-order valence-electron chi connectivity index (χ2n) is 8.34. The molecule has 0 saturated heterocycles. The molecule has 8 nitrogen and oxygen atoms in total. The molecule has 3 rings (SSSR count). The van der Waals surface area contributed by atoms with E-state index < -0.39 is 0 Å². The van der Waals surface area contributed by atoms with Crippen LogP contribution >= 0.6 is 0 Å². The molecule has 1 aliphatic rings. The molecule has 2 amide bonds. The van der Waals surface area contributed by atoms with E-state index in [9.17, 15) is 19.2 Å². The quantitative estimate of drug-likeness (QED) is 0.265. The third kappa shape index (κ3) is 6.97. The van der Waals surface area contributed by atoms with Gasteiger partial charge < -0.3 is 9.47 Å². The first-order chi connectivity index (χ1) is 16.3. The summed E-state index contributed by atoms with van der Waals surface area (Å²) < 4.78 is 10.1. The average molecular weight is 467 g/mol. The number of esters is 2. The van der Waals surface area contributed by atoms with Crippen molar-refractivity contribution in [2.75, 3.05) is 6.54 Å². The molecule has 1 aliphatic heterocycles. The first kappa shape index (κ1) is 25.1. The number of hydrogen-bond donors (Lipinski definition) is 0. The van der Waals surface area contributed by atoms with Crippen LogP contribution in [0, 0.1) is 0 Å². The number of aryl methyl sites for hydroxylation is 1. The Morgan fingerprint density at radius 2 is 1.29 bits per heavy atom. The zero-order valence-electron chi connectivity index (χ0n) is 19.7. The fourth-order valence-electron chi connectivity index (χ4n) is 3.93. The summed E-state index contributed by atoms with van der Waals surface area (Å²) in [6.07, 6.45) is 5.48. The molecule has 1 aromatic carbocycles. The van der Waals surface area contributed by atoms with Crippen LogP contribution in [0.1, 0.15) is 83.6 Å². The Bertz CT molecular complexity index is 994. The molecule has 0 fully saturated rings. The Kier molecular flexibility index (Phi) is 8.90. The molecule has 2 heterocycles. The molecule has 180 valence electrons. The van der Waals surface area contributed by atoms with Gasteiger partial charge in [-0.15, -0.1) is 0 Å². The number of carbonyl (C=O) groups excluding carboxylic acids is 4. The lowest BCUT2D eigenvalue weighted by molar-refractivity contribution is -0.142.